The molecule has 4 nitrogen and oxygen atoms in total. The van der Waals surface area contributed by atoms with Gasteiger partial charge in [0.1, 0.15) is 11.5 Å². The third kappa shape index (κ3) is 3.07. The van der Waals surface area contributed by atoms with Crippen LogP contribution in [0.3, 0.4) is 0 Å². The predicted octanol–water partition coefficient (Wildman–Crippen LogP) is 4.36. The molecule has 0 radical (unpaired) electrons. The maximum Gasteiger partial charge on any atom is 0.231 e. The topological polar surface area (TPSA) is 36.9 Å². The minimum Gasteiger partial charge on any atom is -0.497 e. The van der Waals surface area contributed by atoms with E-state index in [1.54, 1.807) is 7.11 Å². The average molecular weight is 314 g/mol. The molecule has 2 aromatic carbocycles. The van der Waals surface area contributed by atoms with Gasteiger partial charge in [0.25, 0.3) is 0 Å². The van der Waals surface area contributed by atoms with Crippen LogP contribution in [0.1, 0.15) is 37.3 Å². The summed E-state index contributed by atoms with van der Waals surface area (Å²) in [6.45, 7) is 5.05. The van der Waals surface area contributed by atoms with E-state index in [0.29, 0.717) is 6.61 Å². The smallest absolute Gasteiger partial charge is 0.231 e. The van der Waals surface area contributed by atoms with Crippen LogP contribution in [0.25, 0.3) is 0 Å². The van der Waals surface area contributed by atoms with Crippen molar-refractivity contribution < 1.29 is 18.9 Å². The molecule has 0 bridgehead atoms. The van der Waals surface area contributed by atoms with Crippen molar-refractivity contribution in [3.63, 3.8) is 0 Å². The van der Waals surface area contributed by atoms with Crippen molar-refractivity contribution in [1.82, 2.24) is 0 Å². The average Bonchev–Trinajstić information content (AvgIpc) is 3.04. The summed E-state index contributed by atoms with van der Waals surface area (Å²) in [5.74, 6) is 3.49. The van der Waals surface area contributed by atoms with E-state index in [0.717, 1.165) is 35.0 Å². The van der Waals surface area contributed by atoms with E-state index in [4.69, 9.17) is 18.9 Å². The minimum absolute atomic E-state index is 0.233. The molecule has 1 aliphatic rings. The first-order chi connectivity index (χ1) is 11.3. The van der Waals surface area contributed by atoms with Crippen LogP contribution in [0.15, 0.2) is 36.4 Å². The number of fused-ring (bicyclic) bond motifs is 1. The van der Waals surface area contributed by atoms with Crippen LogP contribution in [0.5, 0.6) is 23.0 Å². The number of ether oxygens (including phenoxy) is 4. The van der Waals surface area contributed by atoms with Gasteiger partial charge >= 0.3 is 0 Å². The van der Waals surface area contributed by atoms with E-state index >= 15 is 0 Å². The van der Waals surface area contributed by atoms with Gasteiger partial charge in [-0.15, -0.1) is 0 Å². The van der Waals surface area contributed by atoms with Crippen molar-refractivity contribution in [2.45, 2.75) is 26.2 Å². The molecule has 0 unspecified atom stereocenters. The summed E-state index contributed by atoms with van der Waals surface area (Å²) in [5, 5.41) is 0. The summed E-state index contributed by atoms with van der Waals surface area (Å²) in [4.78, 5) is 0. The number of rotatable bonds is 6. The second kappa shape index (κ2) is 6.82. The highest BCUT2D eigenvalue weighted by Gasteiger charge is 2.23. The Bertz CT molecular complexity index is 664. The van der Waals surface area contributed by atoms with Gasteiger partial charge in [0.2, 0.25) is 6.79 Å². The quantitative estimate of drug-likeness (QED) is 0.793. The third-order valence-corrected chi connectivity index (χ3v) is 4.11. The summed E-state index contributed by atoms with van der Waals surface area (Å²) in [6, 6.07) is 12.2. The molecule has 1 atom stereocenters. The van der Waals surface area contributed by atoms with Gasteiger partial charge < -0.3 is 18.9 Å². The van der Waals surface area contributed by atoms with Crippen LogP contribution in [-0.4, -0.2) is 20.5 Å². The van der Waals surface area contributed by atoms with E-state index in [2.05, 4.69) is 19.1 Å². The van der Waals surface area contributed by atoms with Crippen LogP contribution in [0, 0.1) is 0 Å². The second-order valence-corrected chi connectivity index (χ2v) is 5.41. The number of hydrogen-bond acceptors (Lipinski definition) is 4. The molecule has 0 aliphatic carbocycles. The molecule has 2 aromatic rings. The monoisotopic (exact) mass is 314 g/mol. The Morgan fingerprint density at radius 3 is 2.35 bits per heavy atom. The summed E-state index contributed by atoms with van der Waals surface area (Å²) >= 11 is 0. The lowest BCUT2D eigenvalue weighted by Crippen LogP contribution is -2.04. The zero-order valence-electron chi connectivity index (χ0n) is 13.8. The Hall–Kier alpha value is -2.36. The number of benzene rings is 2. The van der Waals surface area contributed by atoms with E-state index in [1.807, 2.05) is 31.2 Å². The van der Waals surface area contributed by atoms with Crippen LogP contribution < -0.4 is 18.9 Å². The maximum absolute atomic E-state index is 5.85. The largest absolute Gasteiger partial charge is 0.497 e. The van der Waals surface area contributed by atoms with Crippen LogP contribution >= 0.6 is 0 Å². The SMILES string of the molecule is CCOc1cc2c(cc1[C@@H](CC)c1ccc(OC)cc1)OCO2. The summed E-state index contributed by atoms with van der Waals surface area (Å²) in [5.41, 5.74) is 2.36. The minimum atomic E-state index is 0.233. The highest BCUT2D eigenvalue weighted by atomic mass is 16.7. The molecular weight excluding hydrogens is 292 g/mol. The lowest BCUT2D eigenvalue weighted by molar-refractivity contribution is 0.173. The molecule has 4 heteroatoms. The number of hydrogen-bond donors (Lipinski definition) is 0. The van der Waals surface area contributed by atoms with Gasteiger partial charge in [-0.05, 0) is 37.1 Å². The first-order valence-corrected chi connectivity index (χ1v) is 7.97. The van der Waals surface area contributed by atoms with E-state index in [9.17, 15) is 0 Å². The zero-order valence-corrected chi connectivity index (χ0v) is 13.8. The first-order valence-electron chi connectivity index (χ1n) is 7.97. The molecule has 3 rings (SSSR count). The first kappa shape index (κ1) is 15.5. The predicted molar refractivity (Wildman–Crippen MR) is 88.9 cm³/mol. The lowest BCUT2D eigenvalue weighted by Gasteiger charge is -2.20. The van der Waals surface area contributed by atoms with Gasteiger partial charge in [0, 0.05) is 17.5 Å². The second-order valence-electron chi connectivity index (χ2n) is 5.41. The Morgan fingerprint density at radius 1 is 1.04 bits per heavy atom. The van der Waals surface area contributed by atoms with Crippen molar-refractivity contribution in [3.05, 3.63) is 47.5 Å². The fourth-order valence-electron chi connectivity index (χ4n) is 2.96. The molecular formula is C19H22O4. The molecule has 1 aliphatic heterocycles. The zero-order chi connectivity index (χ0) is 16.2. The van der Waals surface area contributed by atoms with Crippen LogP contribution in [0.4, 0.5) is 0 Å². The van der Waals surface area contributed by atoms with Gasteiger partial charge in [-0.2, -0.15) is 0 Å². The van der Waals surface area contributed by atoms with Gasteiger partial charge in [0.05, 0.1) is 13.7 Å². The van der Waals surface area contributed by atoms with Crippen molar-refractivity contribution in [1.29, 1.82) is 0 Å². The van der Waals surface area contributed by atoms with Gasteiger partial charge in [-0.25, -0.2) is 0 Å². The van der Waals surface area contributed by atoms with Crippen molar-refractivity contribution in [3.8, 4) is 23.0 Å². The van der Waals surface area contributed by atoms with Crippen molar-refractivity contribution in [2.24, 2.45) is 0 Å². The molecule has 0 spiro atoms. The summed E-state index contributed by atoms with van der Waals surface area (Å²) in [6.07, 6.45) is 0.964. The van der Waals surface area contributed by atoms with Gasteiger partial charge in [-0.1, -0.05) is 19.1 Å². The van der Waals surface area contributed by atoms with Crippen molar-refractivity contribution >= 4 is 0 Å². The van der Waals surface area contributed by atoms with Crippen LogP contribution in [-0.2, 0) is 0 Å². The normalized spacial score (nSPS) is 13.7. The molecule has 0 fully saturated rings. The fourth-order valence-corrected chi connectivity index (χ4v) is 2.96. The summed E-state index contributed by atoms with van der Waals surface area (Å²) in [7, 11) is 1.68. The molecule has 0 saturated heterocycles. The molecule has 0 N–H and O–H groups in total. The fraction of sp³-hybridized carbons (Fsp3) is 0.368. The maximum atomic E-state index is 5.85. The van der Waals surface area contributed by atoms with E-state index in [1.165, 1.54) is 5.56 Å². The molecule has 0 amide bonds. The number of methoxy groups -OCH3 is 1. The van der Waals surface area contributed by atoms with Gasteiger partial charge in [-0.3, -0.25) is 0 Å². The molecule has 1 heterocycles. The van der Waals surface area contributed by atoms with Gasteiger partial charge in [0.15, 0.2) is 11.5 Å². The Labute approximate surface area is 136 Å². The Kier molecular flexibility index (Phi) is 4.60. The Balaban J connectivity index is 2.02. The molecule has 0 aromatic heterocycles. The molecule has 0 saturated carbocycles. The highest BCUT2D eigenvalue weighted by molar-refractivity contribution is 5.55. The Morgan fingerprint density at radius 2 is 1.74 bits per heavy atom. The molecule has 122 valence electrons. The molecule has 23 heavy (non-hydrogen) atoms. The standard InChI is InChI=1S/C19H22O4/c1-4-15(13-6-8-14(20-3)9-7-13)16-10-18-19(23-12-22-18)11-17(16)21-5-2/h6-11,15H,4-5,12H2,1-3H3/t15-/m0/s1. The van der Waals surface area contributed by atoms with Crippen LogP contribution in [0.2, 0.25) is 0 Å². The lowest BCUT2D eigenvalue weighted by atomic mass is 9.88. The summed E-state index contributed by atoms with van der Waals surface area (Å²) < 4.78 is 22.1. The third-order valence-electron chi connectivity index (χ3n) is 4.11. The highest BCUT2D eigenvalue weighted by Crippen LogP contribution is 2.43. The van der Waals surface area contributed by atoms with E-state index < -0.39 is 0 Å². The van der Waals surface area contributed by atoms with E-state index in [-0.39, 0.29) is 12.7 Å². The van der Waals surface area contributed by atoms with Crippen molar-refractivity contribution in [2.75, 3.05) is 20.5 Å².